The maximum Gasteiger partial charge on any atom is 0.123 e. The van der Waals surface area contributed by atoms with Gasteiger partial charge < -0.3 is 15.6 Å². The number of aromatic nitrogens is 4. The van der Waals surface area contributed by atoms with E-state index in [9.17, 15) is 0 Å². The predicted molar refractivity (Wildman–Crippen MR) is 133 cm³/mol. The van der Waals surface area contributed by atoms with Crippen molar-refractivity contribution < 1.29 is 0 Å². The highest BCUT2D eigenvalue weighted by Gasteiger charge is 2.15. The van der Waals surface area contributed by atoms with Gasteiger partial charge in [-0.15, -0.1) is 0 Å². The van der Waals surface area contributed by atoms with Gasteiger partial charge in [0.25, 0.3) is 0 Å². The number of halogens is 1. The van der Waals surface area contributed by atoms with Crippen LogP contribution in [0.15, 0.2) is 97.6 Å². The zero-order valence-corrected chi connectivity index (χ0v) is 18.4. The number of nitrogens with zero attached hydrogens (tertiary/aromatic N) is 4. The Bertz CT molecular complexity index is 1380. The van der Waals surface area contributed by atoms with Gasteiger partial charge in [-0.05, 0) is 48.0 Å². The molecular weight excluding hydrogens is 432 g/mol. The summed E-state index contributed by atoms with van der Waals surface area (Å²) < 4.78 is 2.22. The highest BCUT2D eigenvalue weighted by molar-refractivity contribution is 6.33. The summed E-state index contributed by atoms with van der Waals surface area (Å²) in [6.07, 6.45) is 4.98. The summed E-state index contributed by atoms with van der Waals surface area (Å²) in [5, 5.41) is 4.01. The molecule has 0 aliphatic heterocycles. The number of nitrogens with one attached hydrogen (secondary N) is 1. The summed E-state index contributed by atoms with van der Waals surface area (Å²) in [4.78, 5) is 12.6. The maximum atomic E-state index is 6.54. The third-order valence-corrected chi connectivity index (χ3v) is 5.64. The van der Waals surface area contributed by atoms with E-state index in [-0.39, 0.29) is 0 Å². The smallest absolute Gasteiger partial charge is 0.123 e. The lowest BCUT2D eigenvalue weighted by atomic mass is 10.1. The monoisotopic (exact) mass is 452 g/mol. The minimum atomic E-state index is 0.501. The number of pyridine rings is 1. The molecule has 5 aromatic rings. The zero-order chi connectivity index (χ0) is 22.6. The lowest BCUT2D eigenvalue weighted by Crippen LogP contribution is -2.06. The Labute approximate surface area is 196 Å². The van der Waals surface area contributed by atoms with Crippen LogP contribution in [-0.2, 0) is 6.54 Å². The van der Waals surface area contributed by atoms with Crippen molar-refractivity contribution in [2.45, 2.75) is 6.54 Å². The second-order valence-corrected chi connectivity index (χ2v) is 7.96. The minimum absolute atomic E-state index is 0.501. The molecule has 162 valence electrons. The summed E-state index contributed by atoms with van der Waals surface area (Å²) in [6, 6.07) is 26.0. The summed E-state index contributed by atoms with van der Waals surface area (Å²) in [5.74, 6) is 0.501. The van der Waals surface area contributed by atoms with E-state index in [0.29, 0.717) is 17.4 Å². The number of rotatable bonds is 6. The molecule has 33 heavy (non-hydrogen) atoms. The van der Waals surface area contributed by atoms with Crippen molar-refractivity contribution >= 4 is 28.8 Å². The van der Waals surface area contributed by atoms with Gasteiger partial charge in [0, 0.05) is 22.0 Å². The van der Waals surface area contributed by atoms with Gasteiger partial charge in [-0.3, -0.25) is 0 Å². The highest BCUT2D eigenvalue weighted by Crippen LogP contribution is 2.34. The molecular formula is C26H21ClN6. The third kappa shape index (κ3) is 4.56. The predicted octanol–water partition coefficient (Wildman–Crippen LogP) is 6.03. The molecule has 7 heteroatoms. The first kappa shape index (κ1) is 20.7. The first-order valence-electron chi connectivity index (χ1n) is 10.5. The molecule has 5 rings (SSSR count). The fourth-order valence-corrected chi connectivity index (χ4v) is 4.03. The van der Waals surface area contributed by atoms with E-state index in [1.165, 1.54) is 6.33 Å². The normalized spacial score (nSPS) is 10.8. The second-order valence-electron chi connectivity index (χ2n) is 7.55. The van der Waals surface area contributed by atoms with E-state index in [1.807, 2.05) is 48.5 Å². The van der Waals surface area contributed by atoms with Gasteiger partial charge in [-0.1, -0.05) is 48.0 Å². The molecule has 3 N–H and O–H groups in total. The van der Waals surface area contributed by atoms with Gasteiger partial charge in [0.2, 0.25) is 0 Å². The van der Waals surface area contributed by atoms with E-state index < -0.39 is 0 Å². The molecule has 3 aromatic heterocycles. The van der Waals surface area contributed by atoms with Gasteiger partial charge in [-0.2, -0.15) is 0 Å². The maximum absolute atomic E-state index is 6.54. The summed E-state index contributed by atoms with van der Waals surface area (Å²) in [7, 11) is 0. The number of benzene rings is 2. The van der Waals surface area contributed by atoms with Crippen LogP contribution >= 0.6 is 11.6 Å². The molecule has 0 amide bonds. The van der Waals surface area contributed by atoms with Gasteiger partial charge >= 0.3 is 0 Å². The van der Waals surface area contributed by atoms with Crippen molar-refractivity contribution in [3.05, 3.63) is 108 Å². The zero-order valence-electron chi connectivity index (χ0n) is 17.7. The first-order chi connectivity index (χ1) is 16.2. The van der Waals surface area contributed by atoms with Crippen LogP contribution in [0.3, 0.4) is 0 Å². The molecule has 0 aliphatic carbocycles. The lowest BCUT2D eigenvalue weighted by molar-refractivity contribution is 0.797. The molecule has 3 heterocycles. The van der Waals surface area contributed by atoms with Gasteiger partial charge in [0.05, 0.1) is 36.0 Å². The van der Waals surface area contributed by atoms with Crippen molar-refractivity contribution in [2.24, 2.45) is 0 Å². The highest BCUT2D eigenvalue weighted by atomic mass is 35.5. The Balaban J connectivity index is 1.53. The minimum Gasteiger partial charge on any atom is -0.384 e. The topological polar surface area (TPSA) is 81.6 Å². The fraction of sp³-hybridized carbons (Fsp3) is 0.0385. The molecule has 0 atom stereocenters. The Kier molecular flexibility index (Phi) is 5.74. The van der Waals surface area contributed by atoms with Crippen LogP contribution in [0.25, 0.3) is 22.5 Å². The Hall–Kier alpha value is -4.16. The van der Waals surface area contributed by atoms with Crippen LogP contribution in [0, 0.1) is 0 Å². The van der Waals surface area contributed by atoms with Crippen molar-refractivity contribution in [1.82, 2.24) is 19.5 Å². The Morgan fingerprint density at radius 3 is 2.30 bits per heavy atom. The lowest BCUT2D eigenvalue weighted by Gasteiger charge is -2.15. The van der Waals surface area contributed by atoms with Crippen LogP contribution in [0.5, 0.6) is 0 Å². The summed E-state index contributed by atoms with van der Waals surface area (Å²) in [6.45, 7) is 0.565. The van der Waals surface area contributed by atoms with Crippen LogP contribution in [0.1, 0.15) is 5.69 Å². The Morgan fingerprint density at radius 1 is 0.788 bits per heavy atom. The SMILES string of the molecule is Nc1cccc(Cn2c(-c3ccc(Nc4cncnc4)cc3)ccc2-c2ccccc2Cl)n1. The van der Waals surface area contributed by atoms with E-state index in [2.05, 4.69) is 49.1 Å². The number of nitrogen functional groups attached to an aromatic ring is 1. The van der Waals surface area contributed by atoms with E-state index in [1.54, 1.807) is 18.5 Å². The molecule has 0 aliphatic rings. The molecule has 0 saturated carbocycles. The average molecular weight is 453 g/mol. The van der Waals surface area contributed by atoms with Crippen molar-refractivity contribution in [2.75, 3.05) is 11.1 Å². The van der Waals surface area contributed by atoms with Crippen LogP contribution in [0.2, 0.25) is 5.02 Å². The molecule has 0 saturated heterocycles. The summed E-state index contributed by atoms with van der Waals surface area (Å²) >= 11 is 6.54. The molecule has 0 spiro atoms. The number of hydrogen-bond donors (Lipinski definition) is 2. The quantitative estimate of drug-likeness (QED) is 0.328. The summed E-state index contributed by atoms with van der Waals surface area (Å²) in [5.41, 5.74) is 12.7. The van der Waals surface area contributed by atoms with Gasteiger partial charge in [0.15, 0.2) is 0 Å². The molecule has 0 bridgehead atoms. The van der Waals surface area contributed by atoms with Crippen molar-refractivity contribution in [3.8, 4) is 22.5 Å². The number of nitrogens with two attached hydrogens (primary N) is 1. The molecule has 2 aromatic carbocycles. The van der Waals surface area contributed by atoms with E-state index in [0.717, 1.165) is 39.6 Å². The van der Waals surface area contributed by atoms with Crippen LogP contribution < -0.4 is 11.1 Å². The number of hydrogen-bond acceptors (Lipinski definition) is 5. The van der Waals surface area contributed by atoms with Gasteiger partial charge in [0.1, 0.15) is 12.1 Å². The molecule has 0 unspecified atom stereocenters. The first-order valence-corrected chi connectivity index (χ1v) is 10.8. The standard InChI is InChI=1S/C26H21ClN6/c27-23-6-2-1-5-22(23)25-13-12-24(33(25)16-20-4-3-7-26(28)32-20)18-8-10-19(11-9-18)31-21-14-29-17-30-15-21/h1-15,17,31H,16H2,(H2,28,32). The molecule has 0 fully saturated rings. The van der Waals surface area contributed by atoms with E-state index in [4.69, 9.17) is 17.3 Å². The van der Waals surface area contributed by atoms with Crippen LogP contribution in [-0.4, -0.2) is 19.5 Å². The molecule has 6 nitrogen and oxygen atoms in total. The van der Waals surface area contributed by atoms with Crippen LogP contribution in [0.4, 0.5) is 17.2 Å². The largest absolute Gasteiger partial charge is 0.384 e. The van der Waals surface area contributed by atoms with E-state index >= 15 is 0 Å². The van der Waals surface area contributed by atoms with Crippen molar-refractivity contribution in [1.29, 1.82) is 0 Å². The number of anilines is 3. The molecule has 0 radical (unpaired) electrons. The second kappa shape index (κ2) is 9.14. The van der Waals surface area contributed by atoms with Crippen molar-refractivity contribution in [3.63, 3.8) is 0 Å². The Morgan fingerprint density at radius 2 is 1.55 bits per heavy atom. The van der Waals surface area contributed by atoms with Gasteiger partial charge in [-0.25, -0.2) is 15.0 Å². The fourth-order valence-electron chi connectivity index (χ4n) is 3.80. The third-order valence-electron chi connectivity index (χ3n) is 5.31. The average Bonchev–Trinajstić information content (AvgIpc) is 3.24.